The first-order valence-corrected chi connectivity index (χ1v) is 6.77. The monoisotopic (exact) mass is 333 g/mol. The van der Waals surface area contributed by atoms with E-state index in [1.165, 1.54) is 16.4 Å². The molecule has 0 saturated carbocycles. The van der Waals surface area contributed by atoms with Crippen LogP contribution in [-0.2, 0) is 10.0 Å². The van der Waals surface area contributed by atoms with Crippen molar-refractivity contribution in [2.75, 3.05) is 0 Å². The van der Waals surface area contributed by atoms with E-state index in [1.54, 1.807) is 36.4 Å². The highest BCUT2D eigenvalue weighted by Gasteiger charge is 2.14. The molecule has 0 amide bonds. The number of hydrogen-bond acceptors (Lipinski definition) is 2. The van der Waals surface area contributed by atoms with E-state index < -0.39 is 10.0 Å². The summed E-state index contributed by atoms with van der Waals surface area (Å²) in [5.74, 6) is 0. The van der Waals surface area contributed by atoms with Crippen molar-refractivity contribution in [2.24, 2.45) is 0 Å². The van der Waals surface area contributed by atoms with Gasteiger partial charge in [-0.1, -0.05) is 0 Å². The Hall–Kier alpha value is -0.820. The van der Waals surface area contributed by atoms with Crippen LogP contribution < -0.4 is 0 Å². The van der Waals surface area contributed by atoms with Crippen LogP contribution in [0, 0.1) is 3.57 Å². The predicted octanol–water partition coefficient (Wildman–Crippen LogP) is 2.33. The molecule has 1 aromatic carbocycles. The first-order chi connectivity index (χ1) is 7.10. The number of halogens is 1. The Balaban J connectivity index is 2.52. The van der Waals surface area contributed by atoms with Gasteiger partial charge in [0.05, 0.1) is 4.90 Å². The van der Waals surface area contributed by atoms with Gasteiger partial charge in [-0.25, -0.2) is 12.4 Å². The molecule has 0 N–H and O–H groups in total. The normalized spacial score (nSPS) is 11.5. The van der Waals surface area contributed by atoms with E-state index in [0.29, 0.717) is 4.90 Å². The number of aromatic nitrogens is 1. The van der Waals surface area contributed by atoms with Gasteiger partial charge in [-0.3, -0.25) is 0 Å². The van der Waals surface area contributed by atoms with Gasteiger partial charge in [0, 0.05) is 16.0 Å². The molecule has 0 atom stereocenters. The van der Waals surface area contributed by atoms with Gasteiger partial charge >= 0.3 is 0 Å². The molecule has 0 aliphatic rings. The van der Waals surface area contributed by atoms with E-state index in [0.717, 1.165) is 3.57 Å². The summed E-state index contributed by atoms with van der Waals surface area (Å²) in [7, 11) is -3.40. The highest BCUT2D eigenvalue weighted by molar-refractivity contribution is 14.1. The molecular formula is C10H8INO2S. The third kappa shape index (κ3) is 2.07. The van der Waals surface area contributed by atoms with Crippen LogP contribution in [0.4, 0.5) is 0 Å². The van der Waals surface area contributed by atoms with Crippen molar-refractivity contribution >= 4 is 32.6 Å². The lowest BCUT2D eigenvalue weighted by Crippen LogP contribution is -2.10. The fraction of sp³-hybridized carbons (Fsp3) is 0. The first kappa shape index (κ1) is 10.7. The minimum absolute atomic E-state index is 0.305. The van der Waals surface area contributed by atoms with E-state index in [2.05, 4.69) is 22.6 Å². The van der Waals surface area contributed by atoms with E-state index in [4.69, 9.17) is 0 Å². The summed E-state index contributed by atoms with van der Waals surface area (Å²) in [6.07, 6.45) is 3.04. The van der Waals surface area contributed by atoms with E-state index in [-0.39, 0.29) is 0 Å². The first-order valence-electron chi connectivity index (χ1n) is 4.25. The third-order valence-electron chi connectivity index (χ3n) is 1.97. The topological polar surface area (TPSA) is 39.1 Å². The number of nitrogens with zero attached hydrogens (tertiary/aromatic N) is 1. The Kier molecular flexibility index (Phi) is 2.83. The zero-order valence-electron chi connectivity index (χ0n) is 7.67. The summed E-state index contributed by atoms with van der Waals surface area (Å²) >= 11 is 2.14. The SMILES string of the molecule is O=S(=O)(c1ccc(I)cc1)n1cccc1. The minimum atomic E-state index is -3.40. The van der Waals surface area contributed by atoms with Crippen molar-refractivity contribution in [2.45, 2.75) is 4.90 Å². The summed E-state index contributed by atoms with van der Waals surface area (Å²) in [5, 5.41) is 0. The van der Waals surface area contributed by atoms with Gasteiger partial charge in [-0.2, -0.15) is 0 Å². The van der Waals surface area contributed by atoms with Crippen LogP contribution in [0.2, 0.25) is 0 Å². The van der Waals surface area contributed by atoms with Crippen LogP contribution >= 0.6 is 22.6 Å². The summed E-state index contributed by atoms with van der Waals surface area (Å²) in [5.41, 5.74) is 0. The summed E-state index contributed by atoms with van der Waals surface area (Å²) in [6.45, 7) is 0. The van der Waals surface area contributed by atoms with Gasteiger partial charge in [0.1, 0.15) is 0 Å². The third-order valence-corrected chi connectivity index (χ3v) is 4.35. The standard InChI is InChI=1S/C10H8INO2S/c11-9-3-5-10(6-4-9)15(13,14)12-7-1-2-8-12/h1-8H. The lowest BCUT2D eigenvalue weighted by molar-refractivity contribution is 0.587. The smallest absolute Gasteiger partial charge is 0.249 e. The molecular weight excluding hydrogens is 325 g/mol. The lowest BCUT2D eigenvalue weighted by atomic mass is 10.4. The van der Waals surface area contributed by atoms with Gasteiger partial charge < -0.3 is 0 Å². The second-order valence-corrected chi connectivity index (χ2v) is 6.06. The quantitative estimate of drug-likeness (QED) is 0.792. The molecule has 0 saturated heterocycles. The summed E-state index contributed by atoms with van der Waals surface area (Å²) in [4.78, 5) is 0.305. The molecule has 1 heterocycles. The molecule has 2 aromatic rings. The summed E-state index contributed by atoms with van der Waals surface area (Å²) in [6, 6.07) is 10.1. The second-order valence-electron chi connectivity index (χ2n) is 2.97. The Labute approximate surface area is 102 Å². The minimum Gasteiger partial charge on any atom is -0.249 e. The molecule has 0 unspecified atom stereocenters. The van der Waals surface area contributed by atoms with Crippen LogP contribution in [0.15, 0.2) is 53.7 Å². The predicted molar refractivity (Wildman–Crippen MR) is 66.2 cm³/mol. The van der Waals surface area contributed by atoms with Crippen molar-refractivity contribution in [3.63, 3.8) is 0 Å². The van der Waals surface area contributed by atoms with E-state index in [1.807, 2.05) is 0 Å². The molecule has 15 heavy (non-hydrogen) atoms. The molecule has 0 bridgehead atoms. The van der Waals surface area contributed by atoms with Crippen LogP contribution in [0.1, 0.15) is 0 Å². The molecule has 2 rings (SSSR count). The van der Waals surface area contributed by atoms with Crippen molar-refractivity contribution < 1.29 is 8.42 Å². The van der Waals surface area contributed by atoms with E-state index >= 15 is 0 Å². The molecule has 0 spiro atoms. The molecule has 0 aliphatic carbocycles. The number of rotatable bonds is 2. The van der Waals surface area contributed by atoms with Crippen molar-refractivity contribution in [3.05, 3.63) is 52.4 Å². The number of benzene rings is 1. The molecule has 0 radical (unpaired) electrons. The van der Waals surface area contributed by atoms with Crippen molar-refractivity contribution in [3.8, 4) is 0 Å². The van der Waals surface area contributed by atoms with Crippen LogP contribution in [0.25, 0.3) is 0 Å². The Morgan fingerprint density at radius 1 is 1.00 bits per heavy atom. The molecule has 0 aliphatic heterocycles. The zero-order chi connectivity index (χ0) is 10.9. The van der Waals surface area contributed by atoms with Gasteiger partial charge in [0.25, 0.3) is 10.0 Å². The molecule has 3 nitrogen and oxygen atoms in total. The van der Waals surface area contributed by atoms with Crippen molar-refractivity contribution in [1.29, 1.82) is 0 Å². The lowest BCUT2D eigenvalue weighted by Gasteiger charge is -2.04. The Morgan fingerprint density at radius 3 is 2.07 bits per heavy atom. The second kappa shape index (κ2) is 3.97. The highest BCUT2D eigenvalue weighted by atomic mass is 127. The van der Waals surface area contributed by atoms with Gasteiger partial charge in [-0.15, -0.1) is 0 Å². The Bertz CT molecular complexity index is 544. The molecule has 5 heteroatoms. The maximum atomic E-state index is 12.0. The molecule has 1 aromatic heterocycles. The highest BCUT2D eigenvalue weighted by Crippen LogP contribution is 2.15. The van der Waals surface area contributed by atoms with Crippen LogP contribution in [0.3, 0.4) is 0 Å². The Morgan fingerprint density at radius 2 is 1.53 bits per heavy atom. The van der Waals surface area contributed by atoms with Gasteiger partial charge in [0.15, 0.2) is 0 Å². The molecule has 0 fully saturated rings. The van der Waals surface area contributed by atoms with Crippen LogP contribution in [0.5, 0.6) is 0 Å². The van der Waals surface area contributed by atoms with Gasteiger partial charge in [-0.05, 0) is 59.0 Å². The summed E-state index contributed by atoms with van der Waals surface area (Å²) < 4.78 is 26.2. The van der Waals surface area contributed by atoms with Crippen LogP contribution in [-0.4, -0.2) is 12.4 Å². The average Bonchev–Trinajstić information content (AvgIpc) is 2.71. The maximum Gasteiger partial charge on any atom is 0.267 e. The molecule has 78 valence electrons. The largest absolute Gasteiger partial charge is 0.267 e. The maximum absolute atomic E-state index is 12.0. The van der Waals surface area contributed by atoms with Gasteiger partial charge in [0.2, 0.25) is 0 Å². The zero-order valence-corrected chi connectivity index (χ0v) is 10.6. The average molecular weight is 333 g/mol. The fourth-order valence-corrected chi connectivity index (χ4v) is 2.75. The number of hydrogen-bond donors (Lipinski definition) is 0. The van der Waals surface area contributed by atoms with E-state index in [9.17, 15) is 8.42 Å². The fourth-order valence-electron chi connectivity index (χ4n) is 1.21. The van der Waals surface area contributed by atoms with Crippen molar-refractivity contribution in [1.82, 2.24) is 3.97 Å².